The summed E-state index contributed by atoms with van der Waals surface area (Å²) in [5, 5.41) is 0. The Morgan fingerprint density at radius 1 is 1.62 bits per heavy atom. The number of esters is 1. The number of hydrogen-bond donors (Lipinski definition) is 0. The molecule has 0 atom stereocenters. The average molecular weight is 287 g/mol. The van der Waals surface area contributed by atoms with Crippen LogP contribution in [0.25, 0.3) is 0 Å². The van der Waals surface area contributed by atoms with Gasteiger partial charge in [-0.05, 0) is 34.5 Å². The van der Waals surface area contributed by atoms with Crippen molar-refractivity contribution in [3.63, 3.8) is 0 Å². The minimum absolute atomic E-state index is 0.212. The van der Waals surface area contributed by atoms with Crippen molar-refractivity contribution < 1.29 is 9.53 Å². The maximum Gasteiger partial charge on any atom is 0.307 e. The normalized spacial score (nSPS) is 10.0. The van der Waals surface area contributed by atoms with Gasteiger partial charge in [0.05, 0.1) is 18.0 Å². The first-order valence-corrected chi connectivity index (χ1v) is 5.74. The number of aromatic nitrogens is 1. The van der Waals surface area contributed by atoms with E-state index >= 15 is 0 Å². The Labute approximate surface area is 104 Å². The number of hydrogen-bond acceptors (Lipinski definition) is 4. The van der Waals surface area contributed by atoms with E-state index in [9.17, 15) is 4.79 Å². The van der Waals surface area contributed by atoms with Crippen LogP contribution in [-0.4, -0.2) is 31.7 Å². The Balaban J connectivity index is 2.69. The van der Waals surface area contributed by atoms with Gasteiger partial charge in [0.2, 0.25) is 0 Å². The molecular weight excluding hydrogens is 272 g/mol. The van der Waals surface area contributed by atoms with Crippen molar-refractivity contribution in [1.82, 2.24) is 4.98 Å². The Morgan fingerprint density at radius 3 is 2.94 bits per heavy atom. The monoisotopic (exact) mass is 286 g/mol. The summed E-state index contributed by atoms with van der Waals surface area (Å²) in [6.07, 6.45) is 2.11. The minimum atomic E-state index is -0.212. The number of ether oxygens (including phenoxy) is 1. The van der Waals surface area contributed by atoms with Crippen LogP contribution in [0.1, 0.15) is 12.0 Å². The molecule has 0 N–H and O–H groups in total. The molecule has 0 fully saturated rings. The summed E-state index contributed by atoms with van der Waals surface area (Å²) in [5.41, 5.74) is 1.12. The van der Waals surface area contributed by atoms with Crippen LogP contribution in [0.5, 0.6) is 0 Å². The van der Waals surface area contributed by atoms with Gasteiger partial charge in [-0.2, -0.15) is 0 Å². The summed E-state index contributed by atoms with van der Waals surface area (Å²) in [6.45, 7) is 2.59. The van der Waals surface area contributed by atoms with Crippen LogP contribution in [-0.2, 0) is 9.53 Å². The fraction of sp³-hybridized carbons (Fsp3) is 0.455. The molecule has 0 aliphatic heterocycles. The highest BCUT2D eigenvalue weighted by molar-refractivity contribution is 9.10. The van der Waals surface area contributed by atoms with Crippen molar-refractivity contribution in [3.8, 4) is 0 Å². The predicted molar refractivity (Wildman–Crippen MR) is 66.6 cm³/mol. The molecule has 0 unspecified atom stereocenters. The Bertz CT molecular complexity index is 382. The van der Waals surface area contributed by atoms with Gasteiger partial charge in [-0.15, -0.1) is 0 Å². The van der Waals surface area contributed by atoms with Crippen LogP contribution >= 0.6 is 15.9 Å². The third kappa shape index (κ3) is 3.20. The summed E-state index contributed by atoms with van der Waals surface area (Å²) >= 11 is 3.48. The molecule has 0 aromatic carbocycles. The number of anilines is 1. The second-order valence-electron chi connectivity index (χ2n) is 3.51. The largest absolute Gasteiger partial charge is 0.469 e. The summed E-state index contributed by atoms with van der Waals surface area (Å²) in [5.74, 6) is 0.625. The van der Waals surface area contributed by atoms with Crippen molar-refractivity contribution in [2.75, 3.05) is 25.6 Å². The highest BCUT2D eigenvalue weighted by Gasteiger charge is 2.10. The molecule has 1 heterocycles. The molecule has 0 saturated carbocycles. The Kier molecular flexibility index (Phi) is 4.73. The first kappa shape index (κ1) is 13.0. The molecule has 5 heteroatoms. The first-order chi connectivity index (χ1) is 7.56. The van der Waals surface area contributed by atoms with E-state index in [0.29, 0.717) is 13.0 Å². The van der Waals surface area contributed by atoms with Gasteiger partial charge in [-0.1, -0.05) is 0 Å². The topological polar surface area (TPSA) is 42.4 Å². The van der Waals surface area contributed by atoms with Crippen molar-refractivity contribution in [1.29, 1.82) is 0 Å². The van der Waals surface area contributed by atoms with Crippen molar-refractivity contribution in [2.24, 2.45) is 0 Å². The fourth-order valence-corrected chi connectivity index (χ4v) is 1.80. The molecule has 4 nitrogen and oxygen atoms in total. The lowest BCUT2D eigenvalue weighted by molar-refractivity contribution is -0.140. The van der Waals surface area contributed by atoms with E-state index in [0.717, 1.165) is 15.9 Å². The molecule has 0 saturated heterocycles. The van der Waals surface area contributed by atoms with Crippen molar-refractivity contribution in [2.45, 2.75) is 13.3 Å². The van der Waals surface area contributed by atoms with Crippen LogP contribution in [0.2, 0.25) is 0 Å². The van der Waals surface area contributed by atoms with Gasteiger partial charge in [-0.25, -0.2) is 4.98 Å². The number of halogens is 1. The molecule has 0 amide bonds. The zero-order valence-electron chi connectivity index (χ0n) is 9.66. The smallest absolute Gasteiger partial charge is 0.307 e. The van der Waals surface area contributed by atoms with Crippen molar-refractivity contribution >= 4 is 27.7 Å². The van der Waals surface area contributed by atoms with Crippen LogP contribution < -0.4 is 4.90 Å². The number of carbonyl (C=O) groups excluding carboxylic acids is 1. The molecule has 0 aliphatic rings. The minimum Gasteiger partial charge on any atom is -0.469 e. The standard InChI is InChI=1S/C11H15BrN2O2/c1-8-4-6-13-11(10(8)12)14(2)7-5-9(15)16-3/h4,6H,5,7H2,1-3H3. The van der Waals surface area contributed by atoms with E-state index in [4.69, 9.17) is 0 Å². The van der Waals surface area contributed by atoms with Crippen molar-refractivity contribution in [3.05, 3.63) is 22.3 Å². The first-order valence-electron chi connectivity index (χ1n) is 4.95. The maximum atomic E-state index is 11.0. The third-order valence-corrected chi connectivity index (χ3v) is 3.28. The SMILES string of the molecule is COC(=O)CCN(C)c1nccc(C)c1Br. The second kappa shape index (κ2) is 5.84. The van der Waals surface area contributed by atoms with Crippen LogP contribution in [0.15, 0.2) is 16.7 Å². The quantitative estimate of drug-likeness (QED) is 0.796. The van der Waals surface area contributed by atoms with Gasteiger partial charge in [-0.3, -0.25) is 4.79 Å². The van der Waals surface area contributed by atoms with E-state index in [1.165, 1.54) is 7.11 Å². The van der Waals surface area contributed by atoms with E-state index < -0.39 is 0 Å². The zero-order chi connectivity index (χ0) is 12.1. The summed E-state index contributed by atoms with van der Waals surface area (Å²) in [7, 11) is 3.29. The fourth-order valence-electron chi connectivity index (χ4n) is 1.26. The maximum absolute atomic E-state index is 11.0. The van der Waals surface area contributed by atoms with Gasteiger partial charge in [0.15, 0.2) is 0 Å². The summed E-state index contributed by atoms with van der Waals surface area (Å²) < 4.78 is 5.55. The Morgan fingerprint density at radius 2 is 2.31 bits per heavy atom. The van der Waals surface area contributed by atoms with Crippen LogP contribution in [0.3, 0.4) is 0 Å². The van der Waals surface area contributed by atoms with E-state index in [1.54, 1.807) is 6.20 Å². The average Bonchev–Trinajstić information content (AvgIpc) is 2.29. The molecule has 0 aliphatic carbocycles. The number of aryl methyl sites for hydroxylation is 1. The number of methoxy groups -OCH3 is 1. The summed E-state index contributed by atoms with van der Waals surface area (Å²) in [4.78, 5) is 17.2. The molecule has 1 aromatic rings. The van der Waals surface area contributed by atoms with Crippen LogP contribution in [0.4, 0.5) is 5.82 Å². The number of pyridine rings is 1. The predicted octanol–water partition coefficient (Wildman–Crippen LogP) is 2.15. The van der Waals surface area contributed by atoms with E-state index in [1.807, 2.05) is 24.9 Å². The van der Waals surface area contributed by atoms with Gasteiger partial charge < -0.3 is 9.64 Å². The molecule has 88 valence electrons. The molecule has 0 radical (unpaired) electrons. The van der Waals surface area contributed by atoms with Gasteiger partial charge in [0, 0.05) is 19.8 Å². The number of rotatable bonds is 4. The lowest BCUT2D eigenvalue weighted by Gasteiger charge is -2.19. The van der Waals surface area contributed by atoms with E-state index in [2.05, 4.69) is 25.7 Å². The van der Waals surface area contributed by atoms with Gasteiger partial charge in [0.1, 0.15) is 5.82 Å². The lowest BCUT2D eigenvalue weighted by atomic mass is 10.3. The number of carbonyl (C=O) groups is 1. The molecule has 0 bridgehead atoms. The highest BCUT2D eigenvalue weighted by atomic mass is 79.9. The lowest BCUT2D eigenvalue weighted by Crippen LogP contribution is -2.23. The second-order valence-corrected chi connectivity index (χ2v) is 4.31. The molecule has 1 rings (SSSR count). The van der Waals surface area contributed by atoms with Gasteiger partial charge in [0.25, 0.3) is 0 Å². The van der Waals surface area contributed by atoms with Gasteiger partial charge >= 0.3 is 5.97 Å². The number of nitrogens with zero attached hydrogens (tertiary/aromatic N) is 2. The zero-order valence-corrected chi connectivity index (χ0v) is 11.2. The third-order valence-electron chi connectivity index (χ3n) is 2.30. The highest BCUT2D eigenvalue weighted by Crippen LogP contribution is 2.25. The van der Waals surface area contributed by atoms with Crippen LogP contribution in [0, 0.1) is 6.92 Å². The molecule has 1 aromatic heterocycles. The van der Waals surface area contributed by atoms with E-state index in [-0.39, 0.29) is 5.97 Å². The molecule has 0 spiro atoms. The molecule has 16 heavy (non-hydrogen) atoms. The molecular formula is C11H15BrN2O2. The summed E-state index contributed by atoms with van der Waals surface area (Å²) in [6, 6.07) is 1.93. The Hall–Kier alpha value is -1.10.